The fourth-order valence-electron chi connectivity index (χ4n) is 2.16. The van der Waals surface area contributed by atoms with Crippen LogP contribution in [0.25, 0.3) is 0 Å². The molecule has 0 spiro atoms. The van der Waals surface area contributed by atoms with Gasteiger partial charge >= 0.3 is 0 Å². The molecule has 1 aromatic rings. The summed E-state index contributed by atoms with van der Waals surface area (Å²) in [5, 5.41) is 7.55. The number of aromatic nitrogens is 2. The third-order valence-corrected chi connectivity index (χ3v) is 3.01. The van der Waals surface area contributed by atoms with E-state index in [-0.39, 0.29) is 5.60 Å². The standard InChI is InChI=1S/C12H21N3O/c1-12(2)5-4-11(16-12)8-13-6-10-7-14-15(3)9-10/h7,9,11,13H,4-6,8H2,1-3H3. The van der Waals surface area contributed by atoms with Gasteiger partial charge in [0.2, 0.25) is 0 Å². The molecule has 16 heavy (non-hydrogen) atoms. The lowest BCUT2D eigenvalue weighted by Crippen LogP contribution is -2.29. The van der Waals surface area contributed by atoms with Crippen LogP contribution in [0.4, 0.5) is 0 Å². The van der Waals surface area contributed by atoms with Crippen molar-refractivity contribution in [3.05, 3.63) is 18.0 Å². The smallest absolute Gasteiger partial charge is 0.0707 e. The number of nitrogens with one attached hydrogen (secondary N) is 1. The predicted molar refractivity (Wildman–Crippen MR) is 63.1 cm³/mol. The molecule has 90 valence electrons. The summed E-state index contributed by atoms with van der Waals surface area (Å²) in [5.41, 5.74) is 1.29. The van der Waals surface area contributed by atoms with Gasteiger partial charge in [-0.05, 0) is 26.7 Å². The summed E-state index contributed by atoms with van der Waals surface area (Å²) < 4.78 is 7.73. The van der Waals surface area contributed by atoms with Crippen molar-refractivity contribution >= 4 is 0 Å². The van der Waals surface area contributed by atoms with Crippen LogP contribution < -0.4 is 5.32 Å². The van der Waals surface area contributed by atoms with E-state index >= 15 is 0 Å². The molecule has 0 aromatic carbocycles. The Morgan fingerprint density at radius 2 is 2.44 bits per heavy atom. The highest BCUT2D eigenvalue weighted by Gasteiger charge is 2.30. The van der Waals surface area contributed by atoms with Crippen LogP contribution >= 0.6 is 0 Å². The molecule has 0 bridgehead atoms. The van der Waals surface area contributed by atoms with Gasteiger partial charge in [0.05, 0.1) is 17.9 Å². The minimum atomic E-state index is 0.0701. The highest BCUT2D eigenvalue weighted by atomic mass is 16.5. The molecule has 1 N–H and O–H groups in total. The molecule has 2 rings (SSSR count). The maximum atomic E-state index is 5.91. The van der Waals surface area contributed by atoms with Crippen molar-refractivity contribution in [3.63, 3.8) is 0 Å². The van der Waals surface area contributed by atoms with E-state index < -0.39 is 0 Å². The average molecular weight is 223 g/mol. The molecular weight excluding hydrogens is 202 g/mol. The highest BCUT2D eigenvalue weighted by Crippen LogP contribution is 2.28. The van der Waals surface area contributed by atoms with E-state index in [0.29, 0.717) is 6.10 Å². The number of nitrogens with zero attached hydrogens (tertiary/aromatic N) is 2. The van der Waals surface area contributed by atoms with Gasteiger partial charge in [-0.3, -0.25) is 4.68 Å². The topological polar surface area (TPSA) is 39.1 Å². The first-order chi connectivity index (χ1) is 7.55. The lowest BCUT2D eigenvalue weighted by molar-refractivity contribution is -0.0142. The molecule has 2 heterocycles. The number of ether oxygens (including phenoxy) is 1. The second-order valence-corrected chi connectivity index (χ2v) is 5.19. The van der Waals surface area contributed by atoms with E-state index in [4.69, 9.17) is 4.74 Å². The molecule has 4 heteroatoms. The van der Waals surface area contributed by atoms with Crippen molar-refractivity contribution in [1.82, 2.24) is 15.1 Å². The van der Waals surface area contributed by atoms with Crippen molar-refractivity contribution < 1.29 is 4.74 Å². The van der Waals surface area contributed by atoms with Gasteiger partial charge in [-0.1, -0.05) is 0 Å². The number of rotatable bonds is 4. The SMILES string of the molecule is Cn1cc(CNCC2CCC(C)(C)O2)cn1. The lowest BCUT2D eigenvalue weighted by Gasteiger charge is -2.19. The van der Waals surface area contributed by atoms with E-state index in [1.165, 1.54) is 5.56 Å². The van der Waals surface area contributed by atoms with E-state index in [2.05, 4.69) is 24.3 Å². The van der Waals surface area contributed by atoms with Gasteiger partial charge in [-0.15, -0.1) is 0 Å². The maximum Gasteiger partial charge on any atom is 0.0707 e. The van der Waals surface area contributed by atoms with E-state index in [1.54, 1.807) is 0 Å². The fourth-order valence-corrected chi connectivity index (χ4v) is 2.16. The molecule has 1 aliphatic rings. The zero-order chi connectivity index (χ0) is 11.6. The largest absolute Gasteiger partial charge is 0.371 e. The molecule has 0 radical (unpaired) electrons. The van der Waals surface area contributed by atoms with Crippen LogP contribution in [0.5, 0.6) is 0 Å². The molecule has 1 aromatic heterocycles. The molecular formula is C12H21N3O. The summed E-state index contributed by atoms with van der Waals surface area (Å²) in [6.45, 7) is 6.12. The first-order valence-electron chi connectivity index (χ1n) is 5.91. The van der Waals surface area contributed by atoms with Crippen LogP contribution in [0.2, 0.25) is 0 Å². The summed E-state index contributed by atoms with van der Waals surface area (Å²) in [6.07, 6.45) is 6.62. The van der Waals surface area contributed by atoms with Crippen LogP contribution in [0.1, 0.15) is 32.3 Å². The Hall–Kier alpha value is -0.870. The normalized spacial score (nSPS) is 23.8. The monoisotopic (exact) mass is 223 g/mol. The summed E-state index contributed by atoms with van der Waals surface area (Å²) >= 11 is 0. The Labute approximate surface area is 97.0 Å². The summed E-state index contributed by atoms with van der Waals surface area (Å²) in [4.78, 5) is 0. The molecule has 1 saturated heterocycles. The molecule has 1 unspecified atom stereocenters. The maximum absolute atomic E-state index is 5.91. The Morgan fingerprint density at radius 3 is 3.00 bits per heavy atom. The summed E-state index contributed by atoms with van der Waals surface area (Å²) in [6, 6.07) is 0. The highest BCUT2D eigenvalue weighted by molar-refractivity contribution is 5.02. The van der Waals surface area contributed by atoms with Crippen LogP contribution in [0.3, 0.4) is 0 Å². The van der Waals surface area contributed by atoms with Gasteiger partial charge in [0, 0.05) is 31.9 Å². The minimum Gasteiger partial charge on any atom is -0.371 e. The summed E-state index contributed by atoms with van der Waals surface area (Å²) in [7, 11) is 1.94. The number of hydrogen-bond acceptors (Lipinski definition) is 3. The molecule has 0 amide bonds. The van der Waals surface area contributed by atoms with Crippen LogP contribution in [-0.2, 0) is 18.3 Å². The molecule has 1 aliphatic heterocycles. The van der Waals surface area contributed by atoms with Gasteiger partial charge in [-0.2, -0.15) is 5.10 Å². The second kappa shape index (κ2) is 4.55. The van der Waals surface area contributed by atoms with Crippen molar-refractivity contribution in [3.8, 4) is 0 Å². The fraction of sp³-hybridized carbons (Fsp3) is 0.750. The second-order valence-electron chi connectivity index (χ2n) is 5.19. The van der Waals surface area contributed by atoms with Gasteiger partial charge in [-0.25, -0.2) is 0 Å². The van der Waals surface area contributed by atoms with E-state index in [1.807, 2.05) is 24.1 Å². The Kier molecular flexibility index (Phi) is 3.30. The van der Waals surface area contributed by atoms with Crippen LogP contribution in [0, 0.1) is 0 Å². The predicted octanol–water partition coefficient (Wildman–Crippen LogP) is 1.47. The zero-order valence-electron chi connectivity index (χ0n) is 10.4. The first-order valence-corrected chi connectivity index (χ1v) is 5.91. The third kappa shape index (κ3) is 3.06. The van der Waals surface area contributed by atoms with Crippen molar-refractivity contribution in [2.24, 2.45) is 7.05 Å². The quantitative estimate of drug-likeness (QED) is 0.840. The average Bonchev–Trinajstić information content (AvgIpc) is 2.73. The Bertz CT molecular complexity index is 346. The van der Waals surface area contributed by atoms with Gasteiger partial charge < -0.3 is 10.1 Å². The number of hydrogen-bond donors (Lipinski definition) is 1. The first kappa shape index (κ1) is 11.6. The van der Waals surface area contributed by atoms with Crippen molar-refractivity contribution in [1.29, 1.82) is 0 Å². The summed E-state index contributed by atoms with van der Waals surface area (Å²) in [5.74, 6) is 0. The molecule has 1 fully saturated rings. The van der Waals surface area contributed by atoms with E-state index in [0.717, 1.165) is 25.9 Å². The zero-order valence-corrected chi connectivity index (χ0v) is 10.4. The molecule has 4 nitrogen and oxygen atoms in total. The van der Waals surface area contributed by atoms with Gasteiger partial charge in [0.15, 0.2) is 0 Å². The van der Waals surface area contributed by atoms with Gasteiger partial charge in [0.25, 0.3) is 0 Å². The Morgan fingerprint density at radius 1 is 1.62 bits per heavy atom. The van der Waals surface area contributed by atoms with Crippen molar-refractivity contribution in [2.75, 3.05) is 6.54 Å². The molecule has 0 saturated carbocycles. The van der Waals surface area contributed by atoms with Crippen molar-refractivity contribution in [2.45, 2.75) is 44.9 Å². The number of aryl methyl sites for hydroxylation is 1. The van der Waals surface area contributed by atoms with E-state index in [9.17, 15) is 0 Å². The third-order valence-electron chi connectivity index (χ3n) is 3.01. The van der Waals surface area contributed by atoms with Crippen LogP contribution in [-0.4, -0.2) is 28.0 Å². The van der Waals surface area contributed by atoms with Gasteiger partial charge in [0.1, 0.15) is 0 Å². The Balaban J connectivity index is 1.69. The minimum absolute atomic E-state index is 0.0701. The molecule has 0 aliphatic carbocycles. The molecule has 1 atom stereocenters. The lowest BCUT2D eigenvalue weighted by atomic mass is 10.1. The van der Waals surface area contributed by atoms with Crippen LogP contribution in [0.15, 0.2) is 12.4 Å².